The molecule has 0 bridgehead atoms. The van der Waals surface area contributed by atoms with Crippen LogP contribution in [-0.2, 0) is 6.54 Å². The molecule has 0 unspecified atom stereocenters. The number of hydrogen-bond donors (Lipinski definition) is 0. The van der Waals surface area contributed by atoms with E-state index in [1.165, 1.54) is 5.56 Å². The quantitative estimate of drug-likeness (QED) is 0.682. The molecule has 0 fully saturated rings. The SMILES string of the molecule is COc1ccc(CN(CCCCl)C(C)C)cc1OC. The first-order valence-corrected chi connectivity index (χ1v) is 7.16. The molecule has 0 spiro atoms. The fourth-order valence-electron chi connectivity index (χ4n) is 2.00. The van der Waals surface area contributed by atoms with E-state index in [-0.39, 0.29) is 0 Å². The van der Waals surface area contributed by atoms with Crippen LogP contribution in [0.15, 0.2) is 18.2 Å². The van der Waals surface area contributed by atoms with Crippen molar-refractivity contribution in [2.24, 2.45) is 0 Å². The first kappa shape index (κ1) is 16.1. The fraction of sp³-hybridized carbons (Fsp3) is 0.600. The van der Waals surface area contributed by atoms with E-state index in [0.717, 1.165) is 31.0 Å². The van der Waals surface area contributed by atoms with Crippen molar-refractivity contribution in [1.82, 2.24) is 4.90 Å². The lowest BCUT2D eigenvalue weighted by atomic mass is 10.1. The number of hydrogen-bond acceptors (Lipinski definition) is 3. The topological polar surface area (TPSA) is 21.7 Å². The summed E-state index contributed by atoms with van der Waals surface area (Å²) in [7, 11) is 3.31. The fourth-order valence-corrected chi connectivity index (χ4v) is 2.12. The summed E-state index contributed by atoms with van der Waals surface area (Å²) in [5, 5.41) is 0. The van der Waals surface area contributed by atoms with Gasteiger partial charge >= 0.3 is 0 Å². The zero-order valence-corrected chi connectivity index (χ0v) is 13.0. The molecule has 0 amide bonds. The van der Waals surface area contributed by atoms with Crippen LogP contribution in [-0.4, -0.2) is 37.6 Å². The predicted molar refractivity (Wildman–Crippen MR) is 80.4 cm³/mol. The first-order valence-electron chi connectivity index (χ1n) is 6.63. The molecule has 0 atom stereocenters. The monoisotopic (exact) mass is 285 g/mol. The number of ether oxygens (including phenoxy) is 2. The second kappa shape index (κ2) is 8.28. The maximum absolute atomic E-state index is 5.78. The van der Waals surface area contributed by atoms with Gasteiger partial charge < -0.3 is 9.47 Å². The van der Waals surface area contributed by atoms with Crippen molar-refractivity contribution in [3.05, 3.63) is 23.8 Å². The van der Waals surface area contributed by atoms with Crippen LogP contribution in [0.25, 0.3) is 0 Å². The van der Waals surface area contributed by atoms with Crippen molar-refractivity contribution in [1.29, 1.82) is 0 Å². The van der Waals surface area contributed by atoms with Gasteiger partial charge in [-0.3, -0.25) is 4.90 Å². The summed E-state index contributed by atoms with van der Waals surface area (Å²) in [5.41, 5.74) is 1.22. The van der Waals surface area contributed by atoms with Gasteiger partial charge in [-0.1, -0.05) is 6.07 Å². The van der Waals surface area contributed by atoms with E-state index >= 15 is 0 Å². The van der Waals surface area contributed by atoms with Crippen LogP contribution in [0.3, 0.4) is 0 Å². The lowest BCUT2D eigenvalue weighted by Gasteiger charge is -2.26. The van der Waals surface area contributed by atoms with Gasteiger partial charge in [0, 0.05) is 18.5 Å². The molecule has 1 aromatic rings. The van der Waals surface area contributed by atoms with Crippen molar-refractivity contribution in [2.75, 3.05) is 26.6 Å². The zero-order chi connectivity index (χ0) is 14.3. The summed E-state index contributed by atoms with van der Waals surface area (Å²) in [6.45, 7) is 6.31. The molecule has 0 aliphatic heterocycles. The minimum absolute atomic E-state index is 0.497. The van der Waals surface area contributed by atoms with Gasteiger partial charge in [-0.2, -0.15) is 0 Å². The highest BCUT2D eigenvalue weighted by Crippen LogP contribution is 2.28. The molecule has 0 aliphatic carbocycles. The smallest absolute Gasteiger partial charge is 0.161 e. The standard InChI is InChI=1S/C15H24ClNO2/c1-12(2)17(9-5-8-16)11-13-6-7-14(18-3)15(10-13)19-4/h6-7,10,12H,5,8-9,11H2,1-4H3. The van der Waals surface area contributed by atoms with Gasteiger partial charge in [0.25, 0.3) is 0 Å². The second-order valence-electron chi connectivity index (χ2n) is 4.80. The molecule has 0 aliphatic rings. The largest absolute Gasteiger partial charge is 0.493 e. The molecule has 1 aromatic carbocycles. The lowest BCUT2D eigenvalue weighted by molar-refractivity contribution is 0.213. The Hall–Kier alpha value is -0.930. The van der Waals surface area contributed by atoms with Gasteiger partial charge in [0.1, 0.15) is 0 Å². The van der Waals surface area contributed by atoms with Gasteiger partial charge in [0.05, 0.1) is 14.2 Å². The summed E-state index contributed by atoms with van der Waals surface area (Å²) < 4.78 is 10.6. The lowest BCUT2D eigenvalue weighted by Crippen LogP contribution is -2.31. The Balaban J connectivity index is 2.78. The molecule has 0 N–H and O–H groups in total. The van der Waals surface area contributed by atoms with Crippen molar-refractivity contribution in [3.63, 3.8) is 0 Å². The second-order valence-corrected chi connectivity index (χ2v) is 5.17. The predicted octanol–water partition coefficient (Wildman–Crippen LogP) is 3.54. The van der Waals surface area contributed by atoms with E-state index in [1.807, 2.05) is 12.1 Å². The Bertz CT molecular complexity index is 382. The third-order valence-corrected chi connectivity index (χ3v) is 3.41. The van der Waals surface area contributed by atoms with Crippen molar-refractivity contribution >= 4 is 11.6 Å². The number of halogens is 1. The van der Waals surface area contributed by atoms with Crippen LogP contribution in [0.5, 0.6) is 11.5 Å². The van der Waals surface area contributed by atoms with Crippen molar-refractivity contribution in [3.8, 4) is 11.5 Å². The van der Waals surface area contributed by atoms with Crippen LogP contribution in [0.4, 0.5) is 0 Å². The third-order valence-electron chi connectivity index (χ3n) is 3.14. The van der Waals surface area contributed by atoms with Crippen LogP contribution in [0, 0.1) is 0 Å². The minimum atomic E-state index is 0.497. The van der Waals surface area contributed by atoms with Crippen LogP contribution in [0.2, 0.25) is 0 Å². The molecule has 0 saturated carbocycles. The Morgan fingerprint density at radius 1 is 1.16 bits per heavy atom. The van der Waals surface area contributed by atoms with Crippen LogP contribution >= 0.6 is 11.6 Å². The molecule has 0 radical (unpaired) electrons. The van der Waals surface area contributed by atoms with E-state index in [9.17, 15) is 0 Å². The zero-order valence-electron chi connectivity index (χ0n) is 12.3. The van der Waals surface area contributed by atoms with E-state index in [0.29, 0.717) is 11.9 Å². The van der Waals surface area contributed by atoms with Gasteiger partial charge in [-0.15, -0.1) is 11.6 Å². The third kappa shape index (κ3) is 4.92. The summed E-state index contributed by atoms with van der Waals surface area (Å²) in [6, 6.07) is 6.57. The highest BCUT2D eigenvalue weighted by Gasteiger charge is 2.11. The maximum Gasteiger partial charge on any atom is 0.161 e. The maximum atomic E-state index is 5.78. The molecule has 0 heterocycles. The summed E-state index contributed by atoms with van der Waals surface area (Å²) in [4.78, 5) is 2.41. The highest BCUT2D eigenvalue weighted by atomic mass is 35.5. The molecule has 108 valence electrons. The van der Waals surface area contributed by atoms with E-state index < -0.39 is 0 Å². The van der Waals surface area contributed by atoms with E-state index in [1.54, 1.807) is 14.2 Å². The molecule has 19 heavy (non-hydrogen) atoms. The highest BCUT2D eigenvalue weighted by molar-refractivity contribution is 6.17. The summed E-state index contributed by atoms with van der Waals surface area (Å²) >= 11 is 5.78. The first-order chi connectivity index (χ1) is 9.12. The Morgan fingerprint density at radius 3 is 2.37 bits per heavy atom. The number of rotatable bonds is 8. The molecule has 3 nitrogen and oxygen atoms in total. The Labute approximate surface area is 121 Å². The average Bonchev–Trinajstić information content (AvgIpc) is 2.42. The molecular weight excluding hydrogens is 262 g/mol. The van der Waals surface area contributed by atoms with Gasteiger partial charge in [-0.05, 0) is 44.5 Å². The minimum Gasteiger partial charge on any atom is -0.493 e. The molecular formula is C15H24ClNO2. The van der Waals surface area contributed by atoms with Crippen LogP contribution in [0.1, 0.15) is 25.8 Å². The normalized spacial score (nSPS) is 11.1. The average molecular weight is 286 g/mol. The van der Waals surface area contributed by atoms with Gasteiger partial charge in [-0.25, -0.2) is 0 Å². The number of alkyl halides is 1. The van der Waals surface area contributed by atoms with E-state index in [4.69, 9.17) is 21.1 Å². The number of benzene rings is 1. The van der Waals surface area contributed by atoms with Gasteiger partial charge in [0.15, 0.2) is 11.5 Å². The molecule has 0 aromatic heterocycles. The Morgan fingerprint density at radius 2 is 1.84 bits per heavy atom. The van der Waals surface area contributed by atoms with E-state index in [2.05, 4.69) is 24.8 Å². The number of methoxy groups -OCH3 is 2. The van der Waals surface area contributed by atoms with Crippen molar-refractivity contribution < 1.29 is 9.47 Å². The molecule has 4 heteroatoms. The van der Waals surface area contributed by atoms with Gasteiger partial charge in [0.2, 0.25) is 0 Å². The van der Waals surface area contributed by atoms with Crippen molar-refractivity contribution in [2.45, 2.75) is 32.9 Å². The van der Waals surface area contributed by atoms with Crippen LogP contribution < -0.4 is 9.47 Å². The Kier molecular flexibility index (Phi) is 7.03. The molecule has 1 rings (SSSR count). The number of nitrogens with zero attached hydrogens (tertiary/aromatic N) is 1. The summed E-state index contributed by atoms with van der Waals surface area (Å²) in [6.07, 6.45) is 1.01. The summed E-state index contributed by atoms with van der Waals surface area (Å²) in [5.74, 6) is 2.25. The molecule has 0 saturated heterocycles.